The van der Waals surface area contributed by atoms with Gasteiger partial charge in [-0.1, -0.05) is 0 Å². The molecule has 1 saturated carbocycles. The fraction of sp³-hybridized carbons (Fsp3) is 0.235. The number of nitriles is 1. The number of fused-ring (bicyclic) bond motifs is 1. The van der Waals surface area contributed by atoms with Crippen molar-refractivity contribution in [1.82, 2.24) is 14.6 Å². The molecule has 1 fully saturated rings. The van der Waals surface area contributed by atoms with Crippen molar-refractivity contribution in [2.45, 2.75) is 25.2 Å². The van der Waals surface area contributed by atoms with Crippen molar-refractivity contribution in [2.75, 3.05) is 16.4 Å². The van der Waals surface area contributed by atoms with Gasteiger partial charge in [-0.25, -0.2) is 4.98 Å². The van der Waals surface area contributed by atoms with Crippen LogP contribution >= 0.6 is 0 Å². The minimum absolute atomic E-state index is 0.180. The van der Waals surface area contributed by atoms with E-state index in [1.165, 1.54) is 22.8 Å². The van der Waals surface area contributed by atoms with Gasteiger partial charge in [0.1, 0.15) is 6.07 Å². The fourth-order valence-corrected chi connectivity index (χ4v) is 2.65. The van der Waals surface area contributed by atoms with E-state index >= 15 is 0 Å². The van der Waals surface area contributed by atoms with Gasteiger partial charge in [0.2, 0.25) is 0 Å². The highest BCUT2D eigenvalue weighted by Crippen LogP contribution is 2.32. The zero-order valence-corrected chi connectivity index (χ0v) is 14.3. The summed E-state index contributed by atoms with van der Waals surface area (Å²) >= 11 is 0. The van der Waals surface area contributed by atoms with E-state index < -0.39 is 12.1 Å². The zero-order chi connectivity index (χ0) is 19.9. The third kappa shape index (κ3) is 3.71. The highest BCUT2D eigenvalue weighted by Gasteiger charge is 2.32. The van der Waals surface area contributed by atoms with E-state index in [1.807, 2.05) is 6.07 Å². The fourth-order valence-electron chi connectivity index (χ4n) is 2.65. The molecular formula is C17H14F3N7O. The molecule has 0 radical (unpaired) electrons. The van der Waals surface area contributed by atoms with Crippen LogP contribution in [0.2, 0.25) is 0 Å². The van der Waals surface area contributed by atoms with Crippen molar-refractivity contribution in [3.05, 3.63) is 36.2 Å². The molecule has 1 aliphatic rings. The van der Waals surface area contributed by atoms with Gasteiger partial charge in [-0.3, -0.25) is 0 Å². The summed E-state index contributed by atoms with van der Waals surface area (Å²) in [7, 11) is 0. The van der Waals surface area contributed by atoms with Crippen molar-refractivity contribution in [1.29, 1.82) is 5.26 Å². The number of nitrogens with zero attached hydrogens (tertiary/aromatic N) is 4. The molecule has 1 aliphatic carbocycles. The van der Waals surface area contributed by atoms with Crippen molar-refractivity contribution >= 4 is 28.5 Å². The lowest BCUT2D eigenvalue weighted by Gasteiger charge is -2.14. The summed E-state index contributed by atoms with van der Waals surface area (Å²) in [6.45, 7) is 0. The molecule has 1 aromatic carbocycles. The number of nitrogens with one attached hydrogen (secondary N) is 2. The summed E-state index contributed by atoms with van der Waals surface area (Å²) in [5.41, 5.74) is 7.35. The quantitative estimate of drug-likeness (QED) is 0.573. The van der Waals surface area contributed by atoms with Gasteiger partial charge < -0.3 is 21.1 Å². The molecule has 4 N–H and O–H groups in total. The van der Waals surface area contributed by atoms with Crippen molar-refractivity contribution in [2.24, 2.45) is 0 Å². The average molecular weight is 389 g/mol. The molecular weight excluding hydrogens is 375 g/mol. The van der Waals surface area contributed by atoms with E-state index in [-0.39, 0.29) is 11.4 Å². The highest BCUT2D eigenvalue weighted by molar-refractivity contribution is 5.74. The molecule has 0 bridgehead atoms. The number of rotatable bonds is 5. The lowest BCUT2D eigenvalue weighted by atomic mass is 10.2. The van der Waals surface area contributed by atoms with Crippen LogP contribution in [-0.4, -0.2) is 27.0 Å². The van der Waals surface area contributed by atoms with Crippen LogP contribution < -0.4 is 21.1 Å². The maximum Gasteiger partial charge on any atom is 0.573 e. The number of halogens is 3. The molecule has 4 rings (SSSR count). The van der Waals surface area contributed by atoms with Crippen molar-refractivity contribution in [3.8, 4) is 11.8 Å². The number of ether oxygens (including phenoxy) is 1. The normalized spacial score (nSPS) is 13.9. The number of imidazole rings is 1. The van der Waals surface area contributed by atoms with Crippen LogP contribution in [0.1, 0.15) is 18.5 Å². The van der Waals surface area contributed by atoms with Crippen LogP contribution in [-0.2, 0) is 0 Å². The minimum Gasteiger partial charge on any atom is -0.404 e. The predicted molar refractivity (Wildman–Crippen MR) is 95.2 cm³/mol. The first-order valence-corrected chi connectivity index (χ1v) is 8.30. The van der Waals surface area contributed by atoms with E-state index in [1.54, 1.807) is 6.07 Å². The SMILES string of the molecule is N#Cc1cnc2c(NC3CC3)cc(Nc3ccc(OC(F)(F)F)c(N)c3)nn12. The first kappa shape index (κ1) is 17.7. The number of alkyl halides is 3. The van der Waals surface area contributed by atoms with Gasteiger partial charge in [0, 0.05) is 17.8 Å². The van der Waals surface area contributed by atoms with Crippen LogP contribution in [0.15, 0.2) is 30.5 Å². The number of hydrogen-bond acceptors (Lipinski definition) is 7. The molecule has 0 aliphatic heterocycles. The summed E-state index contributed by atoms with van der Waals surface area (Å²) in [5, 5.41) is 19.9. The molecule has 3 aromatic rings. The van der Waals surface area contributed by atoms with E-state index in [4.69, 9.17) is 5.73 Å². The summed E-state index contributed by atoms with van der Waals surface area (Å²) in [6, 6.07) is 7.89. The van der Waals surface area contributed by atoms with Crippen molar-refractivity contribution < 1.29 is 17.9 Å². The molecule has 0 amide bonds. The second-order valence-corrected chi connectivity index (χ2v) is 6.28. The van der Waals surface area contributed by atoms with Crippen LogP contribution in [0.5, 0.6) is 5.75 Å². The van der Waals surface area contributed by atoms with Gasteiger partial charge in [0.05, 0.1) is 17.6 Å². The van der Waals surface area contributed by atoms with E-state index in [0.717, 1.165) is 18.9 Å². The Balaban J connectivity index is 1.65. The molecule has 0 atom stereocenters. The van der Waals surface area contributed by atoms with Gasteiger partial charge >= 0.3 is 6.36 Å². The largest absolute Gasteiger partial charge is 0.573 e. The first-order chi connectivity index (χ1) is 13.3. The smallest absolute Gasteiger partial charge is 0.404 e. The summed E-state index contributed by atoms with van der Waals surface area (Å²) in [5.74, 6) is -0.118. The zero-order valence-electron chi connectivity index (χ0n) is 14.3. The Morgan fingerprint density at radius 2 is 2.07 bits per heavy atom. The van der Waals surface area contributed by atoms with E-state index in [0.29, 0.717) is 28.9 Å². The Morgan fingerprint density at radius 3 is 2.71 bits per heavy atom. The van der Waals surface area contributed by atoms with Crippen LogP contribution in [0.3, 0.4) is 0 Å². The molecule has 28 heavy (non-hydrogen) atoms. The Hall–Kier alpha value is -3.68. The Morgan fingerprint density at radius 1 is 1.29 bits per heavy atom. The molecule has 0 spiro atoms. The summed E-state index contributed by atoms with van der Waals surface area (Å²) in [4.78, 5) is 4.22. The maximum atomic E-state index is 12.4. The minimum atomic E-state index is -4.83. The number of benzene rings is 1. The molecule has 144 valence electrons. The number of nitrogen functional groups attached to an aromatic ring is 1. The second-order valence-electron chi connectivity index (χ2n) is 6.28. The maximum absolute atomic E-state index is 12.4. The van der Waals surface area contributed by atoms with Gasteiger partial charge in [-0.05, 0) is 31.0 Å². The van der Waals surface area contributed by atoms with E-state index in [2.05, 4.69) is 25.5 Å². The van der Waals surface area contributed by atoms with Crippen molar-refractivity contribution in [3.63, 3.8) is 0 Å². The molecule has 2 heterocycles. The molecule has 0 saturated heterocycles. The van der Waals surface area contributed by atoms with Gasteiger partial charge in [0.15, 0.2) is 22.9 Å². The number of nitrogens with two attached hydrogens (primary N) is 1. The summed E-state index contributed by atoms with van der Waals surface area (Å²) in [6.07, 6.45) is -1.32. The average Bonchev–Trinajstić information content (AvgIpc) is 3.33. The Bertz CT molecular complexity index is 1080. The molecule has 8 nitrogen and oxygen atoms in total. The molecule has 11 heteroatoms. The van der Waals surface area contributed by atoms with Gasteiger partial charge in [-0.15, -0.1) is 18.3 Å². The second kappa shape index (κ2) is 6.49. The number of anilines is 4. The monoisotopic (exact) mass is 389 g/mol. The third-order valence-electron chi connectivity index (χ3n) is 4.03. The third-order valence-corrected chi connectivity index (χ3v) is 4.03. The van der Waals surface area contributed by atoms with Gasteiger partial charge in [0.25, 0.3) is 0 Å². The highest BCUT2D eigenvalue weighted by atomic mass is 19.4. The Kier molecular flexibility index (Phi) is 4.11. The topological polar surface area (TPSA) is 113 Å². The first-order valence-electron chi connectivity index (χ1n) is 8.30. The summed E-state index contributed by atoms with van der Waals surface area (Å²) < 4.78 is 42.4. The number of hydrogen-bond donors (Lipinski definition) is 3. The van der Waals surface area contributed by atoms with E-state index in [9.17, 15) is 18.4 Å². The molecule has 2 aromatic heterocycles. The van der Waals surface area contributed by atoms with Gasteiger partial charge in [-0.2, -0.15) is 9.78 Å². The van der Waals surface area contributed by atoms with Crippen LogP contribution in [0.4, 0.5) is 36.1 Å². The lowest BCUT2D eigenvalue weighted by molar-refractivity contribution is -0.274. The standard InChI is InChI=1S/C17H14F3N7O/c18-17(19,20)28-14-4-3-10(5-12(14)22)25-15-6-13(24-9-1-2-9)16-23-8-11(7-21)27(16)26-15/h3-6,8-9,24H,1-2,22H2,(H,25,26). The lowest BCUT2D eigenvalue weighted by Crippen LogP contribution is -2.18. The predicted octanol–water partition coefficient (Wildman–Crippen LogP) is 3.40. The molecule has 0 unspecified atom stereocenters. The number of aromatic nitrogens is 3. The Labute approximate surface area is 156 Å². The van der Waals surface area contributed by atoms with Crippen LogP contribution in [0, 0.1) is 11.3 Å². The van der Waals surface area contributed by atoms with Crippen LogP contribution in [0.25, 0.3) is 5.65 Å².